The van der Waals surface area contributed by atoms with Crippen molar-refractivity contribution in [1.82, 2.24) is 9.88 Å². The van der Waals surface area contributed by atoms with Crippen molar-refractivity contribution in [2.75, 3.05) is 13.1 Å². The van der Waals surface area contributed by atoms with Crippen molar-refractivity contribution in [3.63, 3.8) is 0 Å². The normalized spacial score (nSPS) is 10.3. The topological polar surface area (TPSA) is 60.1 Å². The van der Waals surface area contributed by atoms with Crippen molar-refractivity contribution in [3.05, 3.63) is 52.3 Å². The maximum atomic E-state index is 12.3. The Morgan fingerprint density at radius 2 is 1.87 bits per heavy atom. The predicted molar refractivity (Wildman–Crippen MR) is 98.1 cm³/mol. The number of rotatable bonds is 6. The Labute approximate surface area is 148 Å². The van der Waals surface area contributed by atoms with E-state index in [1.165, 1.54) is 0 Å². The van der Waals surface area contributed by atoms with Crippen molar-refractivity contribution in [2.45, 2.75) is 26.7 Å². The number of aryl methyl sites for hydroxylation is 1. The molecule has 0 aliphatic rings. The Balaban J connectivity index is 0.00000264. The third-order valence-corrected chi connectivity index (χ3v) is 3.93. The lowest BCUT2D eigenvalue weighted by Crippen LogP contribution is -2.25. The highest BCUT2D eigenvalue weighted by molar-refractivity contribution is 6.30. The molecular weight excluding hydrogens is 333 g/mol. The highest BCUT2D eigenvalue weighted by Crippen LogP contribution is 2.22. The molecule has 0 saturated heterocycles. The van der Waals surface area contributed by atoms with Gasteiger partial charge in [-0.3, -0.25) is 4.79 Å². The van der Waals surface area contributed by atoms with Gasteiger partial charge in [-0.25, -0.2) is 0 Å². The minimum Gasteiger partial charge on any atom is -0.352 e. The lowest BCUT2D eigenvalue weighted by molar-refractivity contribution is 0.0952. The van der Waals surface area contributed by atoms with Crippen molar-refractivity contribution < 1.29 is 4.79 Å². The quantitative estimate of drug-likeness (QED) is 0.777. The maximum absolute atomic E-state index is 12.3. The molecule has 1 aromatic carbocycles. The van der Waals surface area contributed by atoms with Gasteiger partial charge in [0.2, 0.25) is 0 Å². The molecule has 0 aliphatic carbocycles. The largest absolute Gasteiger partial charge is 0.352 e. The van der Waals surface area contributed by atoms with Gasteiger partial charge in [-0.05, 0) is 63.6 Å². The van der Waals surface area contributed by atoms with Crippen LogP contribution >= 0.6 is 24.0 Å². The number of carbonyl (C=O) groups is 1. The zero-order valence-electron chi connectivity index (χ0n) is 13.4. The molecule has 0 spiro atoms. The zero-order valence-corrected chi connectivity index (χ0v) is 15.0. The van der Waals surface area contributed by atoms with E-state index in [1.54, 1.807) is 0 Å². The Kier molecular flexibility index (Phi) is 7.62. The molecule has 0 bridgehead atoms. The number of amides is 1. The van der Waals surface area contributed by atoms with Crippen LogP contribution in [-0.4, -0.2) is 23.6 Å². The Morgan fingerprint density at radius 1 is 1.22 bits per heavy atom. The van der Waals surface area contributed by atoms with Crippen LogP contribution < -0.4 is 11.1 Å². The summed E-state index contributed by atoms with van der Waals surface area (Å²) in [5, 5.41) is 3.65. The minimum atomic E-state index is -0.0367. The molecule has 4 nitrogen and oxygen atoms in total. The number of unbranched alkanes of at least 4 members (excludes halogenated alkanes) is 1. The van der Waals surface area contributed by atoms with Crippen LogP contribution in [0.5, 0.6) is 0 Å². The van der Waals surface area contributed by atoms with Crippen LogP contribution in [-0.2, 0) is 0 Å². The smallest absolute Gasteiger partial charge is 0.253 e. The van der Waals surface area contributed by atoms with E-state index in [4.69, 9.17) is 17.3 Å². The highest BCUT2D eigenvalue weighted by atomic mass is 35.5. The van der Waals surface area contributed by atoms with Gasteiger partial charge < -0.3 is 15.6 Å². The van der Waals surface area contributed by atoms with Crippen molar-refractivity contribution in [1.29, 1.82) is 0 Å². The van der Waals surface area contributed by atoms with Gasteiger partial charge in [-0.2, -0.15) is 0 Å². The summed E-state index contributed by atoms with van der Waals surface area (Å²) in [6.07, 6.45) is 1.82. The van der Waals surface area contributed by atoms with E-state index in [0.29, 0.717) is 23.7 Å². The number of hydrogen-bond donors (Lipinski definition) is 2. The van der Waals surface area contributed by atoms with Crippen LogP contribution in [0.2, 0.25) is 5.02 Å². The van der Waals surface area contributed by atoms with E-state index in [2.05, 4.69) is 9.88 Å². The summed E-state index contributed by atoms with van der Waals surface area (Å²) in [6.45, 7) is 5.25. The van der Waals surface area contributed by atoms with Gasteiger partial charge in [0.25, 0.3) is 5.91 Å². The molecule has 6 heteroatoms. The van der Waals surface area contributed by atoms with Gasteiger partial charge in [0.1, 0.15) is 0 Å². The fraction of sp³-hybridized carbons (Fsp3) is 0.353. The molecule has 126 valence electrons. The molecule has 0 saturated carbocycles. The van der Waals surface area contributed by atoms with Crippen LogP contribution in [0.15, 0.2) is 30.3 Å². The van der Waals surface area contributed by atoms with Gasteiger partial charge in [0.05, 0.1) is 5.56 Å². The first kappa shape index (κ1) is 19.6. The number of nitrogens with two attached hydrogens (primary N) is 1. The van der Waals surface area contributed by atoms with Gasteiger partial charge in [-0.1, -0.05) is 11.6 Å². The molecule has 0 radical (unpaired) electrons. The van der Waals surface area contributed by atoms with E-state index < -0.39 is 0 Å². The van der Waals surface area contributed by atoms with Gasteiger partial charge >= 0.3 is 0 Å². The van der Waals surface area contributed by atoms with E-state index in [9.17, 15) is 4.79 Å². The molecule has 2 aromatic rings. The summed E-state index contributed by atoms with van der Waals surface area (Å²) in [6, 6.07) is 9.52. The van der Waals surface area contributed by atoms with E-state index in [1.807, 2.05) is 44.2 Å². The Bertz CT molecular complexity index is 651. The molecule has 1 aromatic heterocycles. The highest BCUT2D eigenvalue weighted by Gasteiger charge is 2.16. The molecule has 0 atom stereocenters. The molecule has 3 N–H and O–H groups in total. The number of hydrogen-bond acceptors (Lipinski definition) is 2. The van der Waals surface area contributed by atoms with Crippen LogP contribution in [0, 0.1) is 13.8 Å². The first-order chi connectivity index (χ1) is 10.5. The molecular formula is C17H23Cl2N3O. The Morgan fingerprint density at radius 3 is 2.48 bits per heavy atom. The predicted octanol–water partition coefficient (Wildman–Crippen LogP) is 3.64. The second-order valence-corrected chi connectivity index (χ2v) is 5.78. The van der Waals surface area contributed by atoms with Crippen molar-refractivity contribution in [2.24, 2.45) is 5.73 Å². The molecule has 2 rings (SSSR count). The first-order valence-corrected chi connectivity index (χ1v) is 7.85. The average Bonchev–Trinajstić information content (AvgIpc) is 2.80. The van der Waals surface area contributed by atoms with Gasteiger partial charge in [-0.15, -0.1) is 12.4 Å². The van der Waals surface area contributed by atoms with Crippen molar-refractivity contribution in [3.8, 4) is 5.69 Å². The fourth-order valence-corrected chi connectivity index (χ4v) is 2.67. The second kappa shape index (κ2) is 8.96. The lowest BCUT2D eigenvalue weighted by atomic mass is 10.2. The number of nitrogens with zero attached hydrogens (tertiary/aromatic N) is 1. The van der Waals surface area contributed by atoms with Crippen molar-refractivity contribution >= 4 is 29.9 Å². The lowest BCUT2D eigenvalue weighted by Gasteiger charge is -2.10. The standard InChI is InChI=1S/C17H22ClN3O.ClH/c1-12-11-16(17(22)20-10-4-3-9-19)13(2)21(12)15-7-5-14(18)6-8-15;/h5-8,11H,3-4,9-10,19H2,1-2H3,(H,20,22);1H. The Hall–Kier alpha value is -1.49. The fourth-order valence-electron chi connectivity index (χ4n) is 2.55. The summed E-state index contributed by atoms with van der Waals surface area (Å²) in [5.74, 6) is -0.0367. The summed E-state index contributed by atoms with van der Waals surface area (Å²) >= 11 is 5.93. The molecule has 1 amide bonds. The van der Waals surface area contributed by atoms with E-state index in [0.717, 1.165) is 29.9 Å². The summed E-state index contributed by atoms with van der Waals surface area (Å²) in [7, 11) is 0. The second-order valence-electron chi connectivity index (χ2n) is 5.35. The number of halogens is 2. The molecule has 0 unspecified atom stereocenters. The molecule has 0 fully saturated rings. The monoisotopic (exact) mass is 355 g/mol. The number of nitrogens with one attached hydrogen (secondary N) is 1. The molecule has 23 heavy (non-hydrogen) atoms. The average molecular weight is 356 g/mol. The molecule has 0 aliphatic heterocycles. The van der Waals surface area contributed by atoms with Crippen LogP contribution in [0.1, 0.15) is 34.6 Å². The minimum absolute atomic E-state index is 0. The zero-order chi connectivity index (χ0) is 16.1. The number of carbonyl (C=O) groups excluding carboxylic acids is 1. The molecule has 1 heterocycles. The number of aromatic nitrogens is 1. The summed E-state index contributed by atoms with van der Waals surface area (Å²) < 4.78 is 2.06. The summed E-state index contributed by atoms with van der Waals surface area (Å²) in [5.41, 5.74) is 9.11. The van der Waals surface area contributed by atoms with Gasteiger partial charge in [0.15, 0.2) is 0 Å². The van der Waals surface area contributed by atoms with Crippen LogP contribution in [0.25, 0.3) is 5.69 Å². The third kappa shape index (κ3) is 4.74. The van der Waals surface area contributed by atoms with E-state index in [-0.39, 0.29) is 18.3 Å². The van der Waals surface area contributed by atoms with Gasteiger partial charge in [0, 0.05) is 28.6 Å². The summed E-state index contributed by atoms with van der Waals surface area (Å²) in [4.78, 5) is 12.3. The first-order valence-electron chi connectivity index (χ1n) is 7.47. The maximum Gasteiger partial charge on any atom is 0.253 e. The van der Waals surface area contributed by atoms with Crippen LogP contribution in [0.4, 0.5) is 0 Å². The van der Waals surface area contributed by atoms with E-state index >= 15 is 0 Å². The number of benzene rings is 1. The van der Waals surface area contributed by atoms with Crippen LogP contribution in [0.3, 0.4) is 0 Å². The SMILES string of the molecule is Cc1cc(C(=O)NCCCCN)c(C)n1-c1ccc(Cl)cc1.Cl. The third-order valence-electron chi connectivity index (χ3n) is 3.68.